The van der Waals surface area contributed by atoms with Crippen LogP contribution in [0.15, 0.2) is 6.07 Å². The predicted octanol–water partition coefficient (Wildman–Crippen LogP) is 2.12. The smallest absolute Gasteiger partial charge is 0.141 e. The van der Waals surface area contributed by atoms with Crippen LogP contribution in [0.25, 0.3) is 0 Å². The van der Waals surface area contributed by atoms with E-state index in [4.69, 9.17) is 9.47 Å². The van der Waals surface area contributed by atoms with Gasteiger partial charge in [-0.15, -0.1) is 0 Å². The number of rotatable bonds is 5. The third-order valence-corrected chi connectivity index (χ3v) is 3.25. The Bertz CT molecular complexity index is 441. The molecule has 1 unspecified atom stereocenters. The molecule has 0 spiro atoms. The van der Waals surface area contributed by atoms with E-state index in [1.165, 1.54) is 0 Å². The van der Waals surface area contributed by atoms with Gasteiger partial charge in [-0.1, -0.05) is 0 Å². The average molecular weight is 251 g/mol. The Morgan fingerprint density at radius 2 is 1.78 bits per heavy atom. The van der Waals surface area contributed by atoms with Crippen LogP contribution in [0.1, 0.15) is 22.7 Å². The molecule has 0 aliphatic rings. The van der Waals surface area contributed by atoms with Crippen LogP contribution in [-0.4, -0.2) is 39.5 Å². The summed E-state index contributed by atoms with van der Waals surface area (Å²) in [5.74, 6) is 1.52. The maximum Gasteiger partial charge on any atom is 0.141 e. The van der Waals surface area contributed by atoms with E-state index in [0.29, 0.717) is 0 Å². The van der Waals surface area contributed by atoms with Gasteiger partial charge in [0, 0.05) is 5.56 Å². The molecule has 0 fully saturated rings. The van der Waals surface area contributed by atoms with E-state index in [-0.39, 0.29) is 6.04 Å². The van der Waals surface area contributed by atoms with Gasteiger partial charge in [0.25, 0.3) is 0 Å². The van der Waals surface area contributed by atoms with E-state index < -0.39 is 0 Å². The van der Waals surface area contributed by atoms with Crippen molar-refractivity contribution in [2.75, 3.05) is 28.3 Å². The minimum absolute atomic E-state index is 0.340. The number of likely N-dealkylation sites (N-methyl/N-ethyl adjacent to an activating group) is 1. The van der Waals surface area contributed by atoms with Crippen molar-refractivity contribution in [1.29, 1.82) is 0 Å². The highest BCUT2D eigenvalue weighted by Gasteiger charge is 2.22. The standard InChI is InChI=1S/C14H21NO3/c1-9-10(2)14(18-6)11(7-13(9)17-5)12(8-16)15(3)4/h7-8,12H,1-6H3. The number of carbonyl (C=O) groups excluding carboxylic acids is 1. The van der Waals surface area contributed by atoms with Crippen molar-refractivity contribution in [2.45, 2.75) is 19.9 Å². The number of nitrogens with zero attached hydrogens (tertiary/aromatic N) is 1. The van der Waals surface area contributed by atoms with Crippen molar-refractivity contribution in [2.24, 2.45) is 0 Å². The summed E-state index contributed by atoms with van der Waals surface area (Å²) in [5, 5.41) is 0. The highest BCUT2D eigenvalue weighted by molar-refractivity contribution is 5.67. The van der Waals surface area contributed by atoms with E-state index >= 15 is 0 Å². The van der Waals surface area contributed by atoms with Crippen LogP contribution in [0, 0.1) is 13.8 Å². The number of hydrogen-bond donors (Lipinski definition) is 0. The van der Waals surface area contributed by atoms with Crippen LogP contribution < -0.4 is 9.47 Å². The average Bonchev–Trinajstić information content (AvgIpc) is 2.34. The lowest BCUT2D eigenvalue weighted by Crippen LogP contribution is -2.22. The summed E-state index contributed by atoms with van der Waals surface area (Å²) < 4.78 is 10.8. The number of carbonyl (C=O) groups is 1. The molecule has 0 aromatic heterocycles. The zero-order valence-electron chi connectivity index (χ0n) is 11.9. The zero-order chi connectivity index (χ0) is 13.9. The summed E-state index contributed by atoms with van der Waals surface area (Å²) >= 11 is 0. The molecule has 18 heavy (non-hydrogen) atoms. The topological polar surface area (TPSA) is 38.8 Å². The highest BCUT2D eigenvalue weighted by atomic mass is 16.5. The Hall–Kier alpha value is -1.55. The van der Waals surface area contributed by atoms with Gasteiger partial charge in [0.05, 0.1) is 20.3 Å². The molecule has 1 aromatic carbocycles. The molecule has 0 N–H and O–H groups in total. The normalized spacial score (nSPS) is 12.4. The van der Waals surface area contributed by atoms with Gasteiger partial charge in [-0.25, -0.2) is 0 Å². The molecule has 0 saturated carbocycles. The van der Waals surface area contributed by atoms with Crippen LogP contribution in [0.5, 0.6) is 11.5 Å². The van der Waals surface area contributed by atoms with Gasteiger partial charge < -0.3 is 14.3 Å². The summed E-state index contributed by atoms with van der Waals surface area (Å²) in [6.07, 6.45) is 0.909. The second-order valence-electron chi connectivity index (χ2n) is 4.50. The van der Waals surface area contributed by atoms with Gasteiger partial charge in [-0.05, 0) is 45.1 Å². The van der Waals surface area contributed by atoms with Crippen LogP contribution in [0.4, 0.5) is 0 Å². The lowest BCUT2D eigenvalue weighted by Gasteiger charge is -2.24. The molecular formula is C14H21NO3. The van der Waals surface area contributed by atoms with Crippen molar-refractivity contribution < 1.29 is 14.3 Å². The molecule has 0 bridgehead atoms. The lowest BCUT2D eigenvalue weighted by atomic mass is 9.98. The molecule has 4 nitrogen and oxygen atoms in total. The van der Waals surface area contributed by atoms with Crippen molar-refractivity contribution in [3.8, 4) is 11.5 Å². The van der Waals surface area contributed by atoms with Gasteiger partial charge in [-0.3, -0.25) is 4.90 Å². The Labute approximate surface area is 108 Å². The van der Waals surface area contributed by atoms with Crippen molar-refractivity contribution >= 4 is 6.29 Å². The highest BCUT2D eigenvalue weighted by Crippen LogP contribution is 2.37. The number of aldehydes is 1. The fourth-order valence-electron chi connectivity index (χ4n) is 2.06. The lowest BCUT2D eigenvalue weighted by molar-refractivity contribution is -0.111. The number of benzene rings is 1. The maximum absolute atomic E-state index is 11.3. The first kappa shape index (κ1) is 14.5. The van der Waals surface area contributed by atoms with Crippen molar-refractivity contribution in [1.82, 2.24) is 4.90 Å². The van der Waals surface area contributed by atoms with Crippen molar-refractivity contribution in [3.05, 3.63) is 22.8 Å². The van der Waals surface area contributed by atoms with Crippen LogP contribution in [0.2, 0.25) is 0 Å². The number of methoxy groups -OCH3 is 2. The molecular weight excluding hydrogens is 230 g/mol. The van der Waals surface area contributed by atoms with Gasteiger partial charge >= 0.3 is 0 Å². The van der Waals surface area contributed by atoms with Gasteiger partial charge in [0.1, 0.15) is 17.8 Å². The van der Waals surface area contributed by atoms with E-state index in [1.807, 2.05) is 38.9 Å². The SMILES string of the molecule is COc1cc(C(C=O)N(C)C)c(OC)c(C)c1C. The minimum atomic E-state index is -0.340. The van der Waals surface area contributed by atoms with Crippen LogP contribution in [0.3, 0.4) is 0 Å². The monoisotopic (exact) mass is 251 g/mol. The van der Waals surface area contributed by atoms with E-state index in [2.05, 4.69) is 0 Å². The zero-order valence-corrected chi connectivity index (χ0v) is 11.9. The Kier molecular flexibility index (Phi) is 4.73. The first-order valence-corrected chi connectivity index (χ1v) is 5.81. The molecule has 0 aliphatic carbocycles. The van der Waals surface area contributed by atoms with Gasteiger partial charge in [0.2, 0.25) is 0 Å². The second kappa shape index (κ2) is 5.87. The molecule has 0 amide bonds. The van der Waals surface area contributed by atoms with E-state index in [1.54, 1.807) is 14.2 Å². The molecule has 1 aromatic rings. The third-order valence-electron chi connectivity index (χ3n) is 3.25. The maximum atomic E-state index is 11.3. The summed E-state index contributed by atoms with van der Waals surface area (Å²) in [7, 11) is 6.97. The molecule has 0 saturated heterocycles. The molecule has 1 rings (SSSR count). The predicted molar refractivity (Wildman–Crippen MR) is 71.5 cm³/mol. The van der Waals surface area contributed by atoms with Crippen molar-refractivity contribution in [3.63, 3.8) is 0 Å². The minimum Gasteiger partial charge on any atom is -0.496 e. The summed E-state index contributed by atoms with van der Waals surface area (Å²) in [4.78, 5) is 13.1. The Morgan fingerprint density at radius 3 is 2.17 bits per heavy atom. The Balaban J connectivity index is 3.50. The van der Waals surface area contributed by atoms with Crippen LogP contribution >= 0.6 is 0 Å². The molecule has 0 radical (unpaired) electrons. The third kappa shape index (κ3) is 2.48. The fourth-order valence-corrected chi connectivity index (χ4v) is 2.06. The summed E-state index contributed by atoms with van der Waals surface area (Å²) in [6.45, 7) is 3.95. The molecule has 0 heterocycles. The second-order valence-corrected chi connectivity index (χ2v) is 4.50. The quantitative estimate of drug-likeness (QED) is 0.751. The Morgan fingerprint density at radius 1 is 1.17 bits per heavy atom. The summed E-state index contributed by atoms with van der Waals surface area (Å²) in [5.41, 5.74) is 2.86. The van der Waals surface area contributed by atoms with Gasteiger partial charge in [-0.2, -0.15) is 0 Å². The number of ether oxygens (including phenoxy) is 2. The van der Waals surface area contributed by atoms with Gasteiger partial charge in [0.15, 0.2) is 0 Å². The first-order valence-electron chi connectivity index (χ1n) is 5.81. The fraction of sp³-hybridized carbons (Fsp3) is 0.500. The van der Waals surface area contributed by atoms with E-state index in [0.717, 1.165) is 34.5 Å². The largest absolute Gasteiger partial charge is 0.496 e. The molecule has 1 atom stereocenters. The molecule has 100 valence electrons. The summed E-state index contributed by atoms with van der Waals surface area (Å²) in [6, 6.07) is 1.54. The first-order chi connectivity index (χ1) is 8.47. The number of hydrogen-bond acceptors (Lipinski definition) is 4. The van der Waals surface area contributed by atoms with Crippen LogP contribution in [-0.2, 0) is 4.79 Å². The van der Waals surface area contributed by atoms with E-state index in [9.17, 15) is 4.79 Å². The molecule has 4 heteroatoms. The molecule has 0 aliphatic heterocycles.